The Morgan fingerprint density at radius 3 is 2.36 bits per heavy atom. The van der Waals surface area contributed by atoms with Crippen molar-refractivity contribution in [3.05, 3.63) is 47.9 Å². The van der Waals surface area contributed by atoms with Gasteiger partial charge in [-0.05, 0) is 18.2 Å². The molecule has 0 saturated carbocycles. The first-order valence-electron chi connectivity index (χ1n) is 11.8. The van der Waals surface area contributed by atoms with Crippen molar-refractivity contribution < 1.29 is 35.6 Å². The van der Waals surface area contributed by atoms with Crippen molar-refractivity contribution in [1.29, 1.82) is 0 Å². The number of rotatable bonds is 9. The van der Waals surface area contributed by atoms with E-state index in [4.69, 9.17) is 4.42 Å². The lowest BCUT2D eigenvalue weighted by Gasteiger charge is -2.37. The Balaban J connectivity index is 1.50. The molecule has 2 aromatic heterocycles. The molecular weight excluding hydrogens is 532 g/mol. The van der Waals surface area contributed by atoms with Gasteiger partial charge < -0.3 is 19.1 Å². The number of nitrogens with zero attached hydrogens (tertiary/aromatic N) is 7. The zero-order chi connectivity index (χ0) is 28.3. The molecule has 0 N–H and O–H groups in total. The fraction of sp³-hybridized carbons (Fsp3) is 0.417. The van der Waals surface area contributed by atoms with Crippen LogP contribution in [0.15, 0.2) is 34.9 Å². The minimum Gasteiger partial charge on any atom is -0.415 e. The number of carbonyl (C=O) groups excluding carboxylic acids is 1. The van der Waals surface area contributed by atoms with Crippen molar-refractivity contribution in [2.45, 2.75) is 19.1 Å². The number of pyridine rings is 1. The first-order chi connectivity index (χ1) is 18.4. The molecule has 1 aromatic carbocycles. The Morgan fingerprint density at radius 2 is 1.79 bits per heavy atom. The van der Waals surface area contributed by atoms with Gasteiger partial charge in [0.05, 0.1) is 41.4 Å². The first kappa shape index (κ1) is 28.1. The fourth-order valence-corrected chi connectivity index (χ4v) is 4.24. The minimum atomic E-state index is -4.31. The van der Waals surface area contributed by atoms with Crippen molar-refractivity contribution in [3.8, 4) is 11.5 Å². The van der Waals surface area contributed by atoms with Crippen LogP contribution in [0.2, 0.25) is 0 Å². The molecule has 1 amide bonds. The predicted molar refractivity (Wildman–Crippen MR) is 130 cm³/mol. The maximum Gasteiger partial charge on any atom is 0.401 e. The summed E-state index contributed by atoms with van der Waals surface area (Å²) in [5.41, 5.74) is 1.84. The normalized spacial score (nSPS) is 14.6. The van der Waals surface area contributed by atoms with E-state index in [1.54, 1.807) is 29.0 Å². The second-order valence-electron chi connectivity index (χ2n) is 9.03. The Kier molecular flexibility index (Phi) is 8.28. The number of halogens is 6. The third kappa shape index (κ3) is 6.77. The molecule has 9 nitrogen and oxygen atoms in total. The van der Waals surface area contributed by atoms with E-state index in [1.807, 2.05) is 0 Å². The SMILES string of the molecule is CN(C=O)c1cc(N2CCN(CC(F)(F)F)CC2)c(F)cc1N(C)Cc1ccc(-c2nnc(C(F)F)o2)cn1. The van der Waals surface area contributed by atoms with E-state index in [0.29, 0.717) is 29.0 Å². The maximum atomic E-state index is 15.3. The smallest absolute Gasteiger partial charge is 0.401 e. The van der Waals surface area contributed by atoms with Gasteiger partial charge in [0.15, 0.2) is 0 Å². The van der Waals surface area contributed by atoms with Crippen molar-refractivity contribution in [3.63, 3.8) is 0 Å². The van der Waals surface area contributed by atoms with Crippen LogP contribution in [0, 0.1) is 5.82 Å². The van der Waals surface area contributed by atoms with Crippen LogP contribution in [0.4, 0.5) is 43.4 Å². The highest BCUT2D eigenvalue weighted by Crippen LogP contribution is 2.36. The summed E-state index contributed by atoms with van der Waals surface area (Å²) in [6.07, 6.45) is -5.25. The Hall–Kier alpha value is -3.88. The molecule has 15 heteroatoms. The zero-order valence-electron chi connectivity index (χ0n) is 21.0. The van der Waals surface area contributed by atoms with Gasteiger partial charge >= 0.3 is 12.6 Å². The quantitative estimate of drug-likeness (QED) is 0.287. The van der Waals surface area contributed by atoms with Crippen molar-refractivity contribution in [2.24, 2.45) is 0 Å². The molecule has 0 atom stereocenters. The van der Waals surface area contributed by atoms with Crippen LogP contribution in [0.5, 0.6) is 0 Å². The maximum absolute atomic E-state index is 15.3. The highest BCUT2D eigenvalue weighted by molar-refractivity contribution is 5.86. The van der Waals surface area contributed by atoms with E-state index < -0.39 is 30.9 Å². The van der Waals surface area contributed by atoms with Crippen molar-refractivity contribution in [2.75, 3.05) is 61.5 Å². The van der Waals surface area contributed by atoms with Crippen LogP contribution >= 0.6 is 0 Å². The molecule has 1 fully saturated rings. The second kappa shape index (κ2) is 11.5. The molecule has 210 valence electrons. The number of piperazine rings is 1. The molecule has 0 radical (unpaired) electrons. The average Bonchev–Trinajstić information content (AvgIpc) is 3.39. The zero-order valence-corrected chi connectivity index (χ0v) is 21.0. The molecular formula is C24H25F6N7O2. The first-order valence-corrected chi connectivity index (χ1v) is 11.8. The monoisotopic (exact) mass is 557 g/mol. The summed E-state index contributed by atoms with van der Waals surface area (Å²) in [5.74, 6) is -1.49. The largest absolute Gasteiger partial charge is 0.415 e. The lowest BCUT2D eigenvalue weighted by atomic mass is 10.1. The third-order valence-electron chi connectivity index (χ3n) is 6.21. The molecule has 1 aliphatic rings. The second-order valence-corrected chi connectivity index (χ2v) is 9.03. The predicted octanol–water partition coefficient (Wildman–Crippen LogP) is 4.12. The summed E-state index contributed by atoms with van der Waals surface area (Å²) >= 11 is 0. The molecule has 3 heterocycles. The van der Waals surface area contributed by atoms with E-state index >= 15 is 4.39 Å². The highest BCUT2D eigenvalue weighted by atomic mass is 19.4. The number of carbonyl (C=O) groups is 1. The molecule has 0 unspecified atom stereocenters. The molecule has 1 saturated heterocycles. The summed E-state index contributed by atoms with van der Waals surface area (Å²) < 4.78 is 83.7. The van der Waals surface area contributed by atoms with E-state index in [1.165, 1.54) is 35.2 Å². The number of hydrogen-bond acceptors (Lipinski definition) is 8. The van der Waals surface area contributed by atoms with Gasteiger partial charge in [0.2, 0.25) is 12.3 Å². The summed E-state index contributed by atoms with van der Waals surface area (Å²) in [5, 5.41) is 6.86. The Morgan fingerprint density at radius 1 is 1.08 bits per heavy atom. The summed E-state index contributed by atoms with van der Waals surface area (Å²) in [6, 6.07) is 5.96. The van der Waals surface area contributed by atoms with Gasteiger partial charge in [-0.3, -0.25) is 14.7 Å². The molecule has 0 bridgehead atoms. The van der Waals surface area contributed by atoms with Gasteiger partial charge in [-0.25, -0.2) is 4.39 Å². The summed E-state index contributed by atoms with van der Waals surface area (Å²) in [7, 11) is 3.18. The fourth-order valence-electron chi connectivity index (χ4n) is 4.24. The molecule has 39 heavy (non-hydrogen) atoms. The molecule has 1 aliphatic heterocycles. The number of aromatic nitrogens is 3. The van der Waals surface area contributed by atoms with Crippen LogP contribution < -0.4 is 14.7 Å². The topological polar surface area (TPSA) is 81.8 Å². The lowest BCUT2D eigenvalue weighted by Crippen LogP contribution is -2.49. The van der Waals surface area contributed by atoms with Gasteiger partial charge in [-0.1, -0.05) is 0 Å². The van der Waals surface area contributed by atoms with Gasteiger partial charge in [0.1, 0.15) is 5.82 Å². The molecule has 4 rings (SSSR count). The Bertz CT molecular complexity index is 1280. The highest BCUT2D eigenvalue weighted by Gasteiger charge is 2.32. The van der Waals surface area contributed by atoms with Crippen LogP contribution in [-0.4, -0.2) is 79.5 Å². The third-order valence-corrected chi connectivity index (χ3v) is 6.21. The molecule has 0 spiro atoms. The van der Waals surface area contributed by atoms with E-state index in [9.17, 15) is 26.7 Å². The van der Waals surface area contributed by atoms with E-state index in [0.717, 1.165) is 0 Å². The summed E-state index contributed by atoms with van der Waals surface area (Å²) in [6.45, 7) is -0.195. The number of anilines is 3. The Labute approximate surface area is 219 Å². The van der Waals surface area contributed by atoms with Crippen LogP contribution in [0.25, 0.3) is 11.5 Å². The van der Waals surface area contributed by atoms with Gasteiger partial charge in [-0.2, -0.15) is 22.0 Å². The standard InChI is InChI=1S/C24H25F6N7O2/c1-34(12-16-4-3-15(11-31-16)22-32-33-23(39-22)21(26)27)19-9-17(25)18(10-20(19)35(2)14-38)37-7-5-36(6-8-37)13-24(28,29)30/h3-4,9-11,14,21H,5-8,12-13H2,1-2H3. The van der Waals surface area contributed by atoms with Crippen molar-refractivity contribution >= 4 is 23.5 Å². The van der Waals surface area contributed by atoms with Crippen LogP contribution in [0.1, 0.15) is 18.0 Å². The van der Waals surface area contributed by atoms with Crippen LogP contribution in [-0.2, 0) is 11.3 Å². The lowest BCUT2D eigenvalue weighted by molar-refractivity contribution is -0.146. The number of amides is 1. The molecule has 0 aliphatic carbocycles. The summed E-state index contributed by atoms with van der Waals surface area (Å²) in [4.78, 5) is 21.8. The molecule has 3 aromatic rings. The average molecular weight is 557 g/mol. The van der Waals surface area contributed by atoms with Crippen LogP contribution in [0.3, 0.4) is 0 Å². The number of benzene rings is 1. The van der Waals surface area contributed by atoms with Crippen molar-refractivity contribution in [1.82, 2.24) is 20.1 Å². The van der Waals surface area contributed by atoms with E-state index in [2.05, 4.69) is 15.2 Å². The minimum absolute atomic E-state index is 0.107. The van der Waals surface area contributed by atoms with E-state index in [-0.39, 0.29) is 44.3 Å². The van der Waals surface area contributed by atoms with Gasteiger partial charge in [0.25, 0.3) is 5.89 Å². The number of alkyl halides is 5. The van der Waals surface area contributed by atoms with Gasteiger partial charge in [0, 0.05) is 52.5 Å². The number of hydrogen-bond donors (Lipinski definition) is 0. The van der Waals surface area contributed by atoms with Gasteiger partial charge in [-0.15, -0.1) is 10.2 Å².